The monoisotopic (exact) mass is 1080 g/mol. The Hall–Kier alpha value is -8.01. The Balaban J connectivity index is 1.40. The number of primary amides is 1. The summed E-state index contributed by atoms with van der Waals surface area (Å²) in [5.41, 5.74) is 7.09. The topological polar surface area (TPSA) is 387 Å². The normalized spacial score (nSPS) is 15.8. The lowest BCUT2D eigenvalue weighted by Gasteiger charge is -2.32. The van der Waals surface area contributed by atoms with Gasteiger partial charge in [0.15, 0.2) is 0 Å². The molecule has 2 heterocycles. The predicted octanol–water partition coefficient (Wildman–Crippen LogP) is -2.82. The lowest BCUT2D eigenvalue weighted by atomic mass is 10.0. The molecule has 2 aromatic carbocycles. The molecule has 0 radical (unpaired) electrons. The summed E-state index contributed by atoms with van der Waals surface area (Å²) in [4.78, 5) is 150. The van der Waals surface area contributed by atoms with Crippen molar-refractivity contribution in [3.63, 3.8) is 0 Å². The Kier molecular flexibility index (Phi) is 24.4. The summed E-state index contributed by atoms with van der Waals surface area (Å²) in [5, 5.41) is 47.3. The van der Waals surface area contributed by atoms with Crippen LogP contribution in [0.4, 0.5) is 5.69 Å². The van der Waals surface area contributed by atoms with Crippen LogP contribution in [0.2, 0.25) is 0 Å². The maximum atomic E-state index is 14.1. The number of amides is 8. The van der Waals surface area contributed by atoms with Gasteiger partial charge in [0.2, 0.25) is 41.4 Å². The van der Waals surface area contributed by atoms with Crippen molar-refractivity contribution in [2.45, 2.75) is 64.2 Å². The van der Waals surface area contributed by atoms with Crippen molar-refractivity contribution in [1.29, 1.82) is 0 Å². The number of aromatic amines is 1. The lowest BCUT2D eigenvalue weighted by molar-refractivity contribution is -0.140. The molecule has 1 aliphatic rings. The number of carbonyl (C=O) groups excluding carboxylic acids is 8. The summed E-state index contributed by atoms with van der Waals surface area (Å²) < 4.78 is 0. The molecule has 3 aromatic rings. The van der Waals surface area contributed by atoms with Crippen LogP contribution in [0.1, 0.15) is 49.5 Å². The maximum absolute atomic E-state index is 14.1. The van der Waals surface area contributed by atoms with Crippen LogP contribution in [-0.2, 0) is 54.4 Å². The minimum absolute atomic E-state index is 0.0325. The fraction of sp³-hybridized carbons (Fsp3) is 0.500. The fourth-order valence-corrected chi connectivity index (χ4v) is 8.28. The molecule has 4 atom stereocenters. The summed E-state index contributed by atoms with van der Waals surface area (Å²) in [6.45, 7) is 4.77. The van der Waals surface area contributed by atoms with E-state index in [0.29, 0.717) is 5.56 Å². The number of anilines is 1. The Morgan fingerprint density at radius 1 is 0.610 bits per heavy atom. The van der Waals surface area contributed by atoms with Crippen molar-refractivity contribution in [2.24, 2.45) is 11.7 Å². The van der Waals surface area contributed by atoms with Gasteiger partial charge in [-0.05, 0) is 55.2 Å². The summed E-state index contributed by atoms with van der Waals surface area (Å²) >= 11 is 0. The number of rotatable bonds is 26. The molecule has 27 nitrogen and oxygen atoms in total. The van der Waals surface area contributed by atoms with Gasteiger partial charge in [-0.1, -0.05) is 32.0 Å². The number of carbonyl (C=O) groups is 11. The highest BCUT2D eigenvalue weighted by molar-refractivity contribution is 6.00. The third-order valence-electron chi connectivity index (χ3n) is 12.5. The van der Waals surface area contributed by atoms with Crippen molar-refractivity contribution in [1.82, 2.24) is 56.5 Å². The molecule has 0 unspecified atom stereocenters. The summed E-state index contributed by atoms with van der Waals surface area (Å²) in [5.74, 6) is -9.00. The molecule has 1 saturated heterocycles. The van der Waals surface area contributed by atoms with Gasteiger partial charge in [-0.2, -0.15) is 0 Å². The van der Waals surface area contributed by atoms with E-state index in [4.69, 9.17) is 5.73 Å². The van der Waals surface area contributed by atoms with Gasteiger partial charge >= 0.3 is 17.9 Å². The predicted molar refractivity (Wildman–Crippen MR) is 279 cm³/mol. The summed E-state index contributed by atoms with van der Waals surface area (Å²) in [6.07, 6.45) is 1.01. The van der Waals surface area contributed by atoms with E-state index in [1.165, 1.54) is 38.2 Å². The van der Waals surface area contributed by atoms with Crippen LogP contribution >= 0.6 is 0 Å². The number of para-hydroxylation sites is 1. The zero-order chi connectivity index (χ0) is 56.8. The highest BCUT2D eigenvalue weighted by Crippen LogP contribution is 2.20. The second-order valence-corrected chi connectivity index (χ2v) is 18.9. The number of benzene rings is 2. The van der Waals surface area contributed by atoms with Gasteiger partial charge in [0.25, 0.3) is 5.91 Å². The van der Waals surface area contributed by atoms with Crippen LogP contribution in [0.3, 0.4) is 0 Å². The average molecular weight is 1080 g/mol. The van der Waals surface area contributed by atoms with E-state index in [1.807, 2.05) is 18.2 Å². The van der Waals surface area contributed by atoms with Gasteiger partial charge < -0.3 is 63.3 Å². The number of nitrogens with zero attached hydrogens (tertiary/aromatic N) is 4. The molecular weight excluding hydrogens is 1010 g/mol. The number of aliphatic carboxylic acids is 3. The second kappa shape index (κ2) is 30.5. The highest BCUT2D eigenvalue weighted by Gasteiger charge is 2.32. The molecule has 0 spiro atoms. The summed E-state index contributed by atoms with van der Waals surface area (Å²) in [6, 6.07) is 7.96. The van der Waals surface area contributed by atoms with Crippen molar-refractivity contribution in [3.8, 4) is 0 Å². The van der Waals surface area contributed by atoms with Crippen molar-refractivity contribution < 1.29 is 68.1 Å². The third kappa shape index (κ3) is 21.3. The number of hydrogen-bond acceptors (Lipinski definition) is 15. The van der Waals surface area contributed by atoms with Gasteiger partial charge in [-0.15, -0.1) is 0 Å². The molecule has 4 rings (SSSR count). The van der Waals surface area contributed by atoms with Gasteiger partial charge in [0, 0.05) is 101 Å². The first kappa shape index (κ1) is 61.5. The van der Waals surface area contributed by atoms with E-state index in [-0.39, 0.29) is 115 Å². The molecular formula is C50H71N13O14. The van der Waals surface area contributed by atoms with Crippen molar-refractivity contribution in [2.75, 3.05) is 97.4 Å². The largest absolute Gasteiger partial charge is 0.480 e. The van der Waals surface area contributed by atoms with Gasteiger partial charge in [-0.25, -0.2) is 0 Å². The number of H-pyrrole nitrogens is 1. The van der Waals surface area contributed by atoms with E-state index in [0.717, 1.165) is 10.9 Å². The number of nitrogens with two attached hydrogens (primary N) is 1. The number of hydrogen-bond donors (Lipinski definition) is 12. The molecule has 0 saturated carbocycles. The number of aromatic nitrogens is 1. The SMILES string of the molecule is CNC(=O)[C@@H](NC(=O)[C@H](C)NC(=O)[C@H](Cc1c[nH]c2ccccc12)NC(=O)[C@H](CCC(N)=O)NC(=O)c1ccc(NC(=O)CNC(=O)CN2CCN(CC(=O)O)CCN(CC(=O)O)CCN(CC(=O)O)CC2)cc1)C(C)C. The van der Waals surface area contributed by atoms with E-state index in [1.54, 1.807) is 45.7 Å². The van der Waals surface area contributed by atoms with Crippen LogP contribution in [0.15, 0.2) is 54.7 Å². The molecule has 1 fully saturated rings. The number of likely N-dealkylation sites (N-methyl/N-ethyl adjacent to an activating group) is 1. The maximum Gasteiger partial charge on any atom is 0.317 e. The van der Waals surface area contributed by atoms with Crippen LogP contribution < -0.4 is 43.0 Å². The Morgan fingerprint density at radius 2 is 1.13 bits per heavy atom. The lowest BCUT2D eigenvalue weighted by Crippen LogP contribution is -2.58. The molecule has 420 valence electrons. The first-order valence-corrected chi connectivity index (χ1v) is 25.0. The molecule has 0 aliphatic carbocycles. The van der Waals surface area contributed by atoms with Crippen LogP contribution in [0, 0.1) is 5.92 Å². The fourth-order valence-electron chi connectivity index (χ4n) is 8.28. The molecule has 1 aliphatic heterocycles. The smallest absolute Gasteiger partial charge is 0.317 e. The van der Waals surface area contributed by atoms with E-state index in [2.05, 4.69) is 42.2 Å². The van der Waals surface area contributed by atoms with E-state index < -0.39 is 95.9 Å². The Labute approximate surface area is 444 Å². The minimum atomic E-state index is -1.40. The van der Waals surface area contributed by atoms with Crippen LogP contribution in [0.5, 0.6) is 0 Å². The van der Waals surface area contributed by atoms with Crippen molar-refractivity contribution >= 4 is 81.8 Å². The Morgan fingerprint density at radius 3 is 1.64 bits per heavy atom. The van der Waals surface area contributed by atoms with Gasteiger partial charge in [0.1, 0.15) is 24.2 Å². The van der Waals surface area contributed by atoms with E-state index in [9.17, 15) is 68.1 Å². The van der Waals surface area contributed by atoms with Crippen molar-refractivity contribution in [3.05, 3.63) is 65.9 Å². The highest BCUT2D eigenvalue weighted by atomic mass is 16.4. The Bertz CT molecular complexity index is 2540. The first-order valence-electron chi connectivity index (χ1n) is 25.0. The second-order valence-electron chi connectivity index (χ2n) is 18.9. The zero-order valence-electron chi connectivity index (χ0n) is 43.6. The van der Waals surface area contributed by atoms with Crippen LogP contribution in [0.25, 0.3) is 10.9 Å². The quantitative estimate of drug-likeness (QED) is 0.0386. The zero-order valence-corrected chi connectivity index (χ0v) is 43.6. The number of nitrogens with one attached hydrogen (secondary N) is 8. The van der Waals surface area contributed by atoms with Gasteiger partial charge in [-0.3, -0.25) is 72.3 Å². The molecule has 27 heteroatoms. The summed E-state index contributed by atoms with van der Waals surface area (Å²) in [7, 11) is 1.43. The molecule has 77 heavy (non-hydrogen) atoms. The number of carboxylic acid groups (broad SMARTS) is 3. The molecule has 1 aromatic heterocycles. The van der Waals surface area contributed by atoms with Crippen LogP contribution in [-0.4, -0.2) is 221 Å². The van der Waals surface area contributed by atoms with Gasteiger partial charge in [0.05, 0.1) is 32.7 Å². The molecule has 0 bridgehead atoms. The number of fused-ring (bicyclic) bond motifs is 1. The minimum Gasteiger partial charge on any atom is -0.480 e. The van der Waals surface area contributed by atoms with E-state index >= 15 is 0 Å². The molecule has 8 amide bonds. The molecule has 13 N–H and O–H groups in total. The average Bonchev–Trinajstić information content (AvgIpc) is 3.78. The standard InChI is InChI=1S/C50H71N13O14/c1-30(2)45(50(77)52-4)59-46(73)31(3)55-49(76)38(23-33-24-53-36-8-6-5-7-35(33)36)58-48(75)37(13-14-39(51)64)57-47(74)32-9-11-34(12-10-32)56-40(65)25-54-41(66)26-60-15-17-61(27-42(67)68)19-21-63(29-44(71)72)22-20-62(18-16-60)28-43(69)70/h5-12,24,30-31,37-38,45,53H,13-23,25-29H2,1-4H3,(H2,51,64)(H,52,77)(H,54,66)(H,55,76)(H,56,65)(H,57,74)(H,58,75)(H,59,73)(H,67,68)(H,69,70)(H,71,72)/t31-,37-,38-,45-/m0/s1. The number of carboxylic acids is 3. The third-order valence-corrected chi connectivity index (χ3v) is 12.5. The first-order chi connectivity index (χ1) is 36.5.